The standard InChI is InChI=1S/C19H19F2N5O/c1-10-7-11(5-6-20)13-8-12(3-4-15(13)23-10)16-14(21)9-26-17(16)18(27-2)24-19(22)25-26/h3-4,8-9,11H,5-7H2,1-2H3,(H2,22,25)/p+1. The monoisotopic (exact) mass is 372 g/mol. The fraction of sp³-hybridized carbons (Fsp3) is 0.316. The highest BCUT2D eigenvalue weighted by molar-refractivity contribution is 5.90. The Kier molecular flexibility index (Phi) is 4.25. The zero-order chi connectivity index (χ0) is 19.1. The first-order chi connectivity index (χ1) is 13.0. The van der Waals surface area contributed by atoms with Crippen LogP contribution >= 0.6 is 0 Å². The van der Waals surface area contributed by atoms with Gasteiger partial charge in [0.2, 0.25) is 0 Å². The lowest BCUT2D eigenvalue weighted by Crippen LogP contribution is -2.18. The molecule has 8 heteroatoms. The first kappa shape index (κ1) is 17.4. The number of nitrogen functional groups attached to an aromatic ring is 1. The number of nitrogens with zero attached hydrogens (tertiary/aromatic N) is 3. The summed E-state index contributed by atoms with van der Waals surface area (Å²) in [5, 5.41) is 4.08. The summed E-state index contributed by atoms with van der Waals surface area (Å²) in [6, 6.07) is 5.55. The van der Waals surface area contributed by atoms with Crippen molar-refractivity contribution < 1.29 is 18.5 Å². The maximum Gasteiger partial charge on any atom is 0.411 e. The van der Waals surface area contributed by atoms with Gasteiger partial charge in [-0.15, -0.1) is 0 Å². The van der Waals surface area contributed by atoms with Crippen LogP contribution in [-0.2, 0) is 0 Å². The molecule has 140 valence electrons. The van der Waals surface area contributed by atoms with Crippen molar-refractivity contribution in [3.8, 4) is 17.0 Å². The largest absolute Gasteiger partial charge is 0.470 e. The van der Waals surface area contributed by atoms with E-state index < -0.39 is 12.5 Å². The van der Waals surface area contributed by atoms with E-state index in [1.807, 2.05) is 25.1 Å². The third-order valence-corrected chi connectivity index (χ3v) is 4.88. The van der Waals surface area contributed by atoms with Gasteiger partial charge in [0.15, 0.2) is 11.3 Å². The first-order valence-corrected chi connectivity index (χ1v) is 8.70. The van der Waals surface area contributed by atoms with Gasteiger partial charge in [-0.2, -0.15) is 4.52 Å². The molecule has 3 heterocycles. The molecule has 0 fully saturated rings. The van der Waals surface area contributed by atoms with Crippen LogP contribution in [-0.4, -0.2) is 29.1 Å². The quantitative estimate of drug-likeness (QED) is 0.761. The molecule has 0 spiro atoms. The van der Waals surface area contributed by atoms with E-state index in [-0.39, 0.29) is 11.9 Å². The highest BCUT2D eigenvalue weighted by Crippen LogP contribution is 2.41. The number of aromatic amines is 1. The molecule has 0 amide bonds. The molecule has 0 aliphatic carbocycles. The van der Waals surface area contributed by atoms with Crippen LogP contribution in [0.4, 0.5) is 20.4 Å². The van der Waals surface area contributed by atoms with Gasteiger partial charge in [0.1, 0.15) is 0 Å². The van der Waals surface area contributed by atoms with Gasteiger partial charge < -0.3 is 4.74 Å². The van der Waals surface area contributed by atoms with Crippen molar-refractivity contribution in [1.29, 1.82) is 0 Å². The summed E-state index contributed by atoms with van der Waals surface area (Å²) in [7, 11) is 1.47. The molecule has 27 heavy (non-hydrogen) atoms. The highest BCUT2D eigenvalue weighted by Gasteiger charge is 2.25. The van der Waals surface area contributed by atoms with Crippen molar-refractivity contribution in [1.82, 2.24) is 9.61 Å². The molecule has 0 bridgehead atoms. The number of alkyl halides is 1. The molecule has 1 atom stereocenters. The van der Waals surface area contributed by atoms with E-state index in [4.69, 9.17) is 10.5 Å². The number of hydrogen-bond acceptors (Lipinski definition) is 4. The van der Waals surface area contributed by atoms with Gasteiger partial charge in [-0.25, -0.2) is 9.37 Å². The van der Waals surface area contributed by atoms with Crippen LogP contribution in [0.3, 0.4) is 0 Å². The number of aliphatic imine (C=N–C) groups is 1. The molecule has 0 saturated heterocycles. The number of aromatic nitrogens is 3. The Morgan fingerprint density at radius 1 is 1.41 bits per heavy atom. The minimum Gasteiger partial charge on any atom is -0.470 e. The van der Waals surface area contributed by atoms with Crippen molar-refractivity contribution in [3.63, 3.8) is 0 Å². The average molecular weight is 372 g/mol. The minimum atomic E-state index is -0.447. The summed E-state index contributed by atoms with van der Waals surface area (Å²) in [6.45, 7) is 1.54. The van der Waals surface area contributed by atoms with Crippen molar-refractivity contribution in [2.75, 3.05) is 19.5 Å². The summed E-state index contributed by atoms with van der Waals surface area (Å²) < 4.78 is 34.5. The first-order valence-electron chi connectivity index (χ1n) is 8.70. The van der Waals surface area contributed by atoms with Crippen LogP contribution in [0.5, 0.6) is 5.88 Å². The average Bonchev–Trinajstić information content (AvgIpc) is 2.96. The van der Waals surface area contributed by atoms with Crippen LogP contribution in [0, 0.1) is 5.82 Å². The lowest BCUT2D eigenvalue weighted by atomic mass is 9.86. The van der Waals surface area contributed by atoms with Crippen LogP contribution < -0.4 is 15.5 Å². The molecule has 0 radical (unpaired) electrons. The molecular weight excluding hydrogens is 352 g/mol. The fourth-order valence-electron chi connectivity index (χ4n) is 3.75. The molecular formula is C19H20F2N5O+. The van der Waals surface area contributed by atoms with Crippen LogP contribution in [0.25, 0.3) is 16.6 Å². The molecule has 1 aromatic carbocycles. The predicted molar refractivity (Wildman–Crippen MR) is 98.8 cm³/mol. The highest BCUT2D eigenvalue weighted by atomic mass is 19.1. The SMILES string of the molecule is COc1[nH+]c(N)nn2cc(F)c(-c3ccc4c(c3)C(CCF)CC(C)=N4)c12. The third kappa shape index (κ3) is 2.90. The van der Waals surface area contributed by atoms with E-state index in [1.54, 1.807) is 0 Å². The second-order valence-electron chi connectivity index (χ2n) is 6.69. The van der Waals surface area contributed by atoms with E-state index in [0.717, 1.165) is 17.0 Å². The van der Waals surface area contributed by atoms with Gasteiger partial charge in [-0.3, -0.25) is 15.1 Å². The molecule has 6 nitrogen and oxygen atoms in total. The summed E-state index contributed by atoms with van der Waals surface area (Å²) in [4.78, 5) is 7.37. The van der Waals surface area contributed by atoms with Gasteiger partial charge in [0.05, 0.1) is 31.2 Å². The zero-order valence-electron chi connectivity index (χ0n) is 15.1. The number of rotatable bonds is 4. The number of ether oxygens (including phenoxy) is 1. The van der Waals surface area contributed by atoms with E-state index in [2.05, 4.69) is 15.1 Å². The van der Waals surface area contributed by atoms with Gasteiger partial charge in [0, 0.05) is 10.8 Å². The van der Waals surface area contributed by atoms with E-state index in [0.29, 0.717) is 35.4 Å². The van der Waals surface area contributed by atoms with Gasteiger partial charge in [0.25, 0.3) is 5.88 Å². The zero-order valence-corrected chi connectivity index (χ0v) is 15.1. The van der Waals surface area contributed by atoms with Gasteiger partial charge in [-0.05, 0) is 48.9 Å². The van der Waals surface area contributed by atoms with E-state index >= 15 is 0 Å². The molecule has 1 aliphatic rings. The third-order valence-electron chi connectivity index (χ3n) is 4.88. The number of methoxy groups -OCH3 is 1. The smallest absolute Gasteiger partial charge is 0.411 e. The number of nitrogens with one attached hydrogen (secondary N) is 1. The minimum absolute atomic E-state index is 0.0293. The molecule has 4 rings (SSSR count). The number of halogens is 2. The number of anilines is 1. The molecule has 3 N–H and O–H groups in total. The van der Waals surface area contributed by atoms with Crippen molar-refractivity contribution in [2.45, 2.75) is 25.7 Å². The second-order valence-corrected chi connectivity index (χ2v) is 6.69. The van der Waals surface area contributed by atoms with Crippen LogP contribution in [0.15, 0.2) is 29.4 Å². The van der Waals surface area contributed by atoms with E-state index in [9.17, 15) is 8.78 Å². The summed E-state index contributed by atoms with van der Waals surface area (Å²) in [6.07, 6.45) is 2.38. The Morgan fingerprint density at radius 2 is 2.22 bits per heavy atom. The maximum absolute atomic E-state index is 14.8. The lowest BCUT2D eigenvalue weighted by Gasteiger charge is -2.23. The Balaban J connectivity index is 1.93. The Bertz CT molecular complexity index is 1060. The van der Waals surface area contributed by atoms with Gasteiger partial charge in [-0.1, -0.05) is 6.07 Å². The second kappa shape index (κ2) is 6.61. The van der Waals surface area contributed by atoms with Crippen molar-refractivity contribution in [3.05, 3.63) is 35.8 Å². The van der Waals surface area contributed by atoms with Crippen molar-refractivity contribution in [2.24, 2.45) is 4.99 Å². The normalized spacial score (nSPS) is 16.3. The number of nitrogens with two attached hydrogens (primary N) is 1. The molecule has 1 aliphatic heterocycles. The van der Waals surface area contributed by atoms with Crippen LogP contribution in [0.1, 0.15) is 31.2 Å². The number of benzene rings is 1. The number of fused-ring (bicyclic) bond motifs is 2. The Morgan fingerprint density at radius 3 is 2.96 bits per heavy atom. The predicted octanol–water partition coefficient (Wildman–Crippen LogP) is 3.48. The summed E-state index contributed by atoms with van der Waals surface area (Å²) in [5.74, 6) is 0.00589. The molecule has 1 unspecified atom stereocenters. The fourth-order valence-corrected chi connectivity index (χ4v) is 3.75. The summed E-state index contributed by atoms with van der Waals surface area (Å²) in [5.41, 5.74) is 9.89. The molecule has 2 aromatic heterocycles. The Labute approximate surface area is 154 Å². The topological polar surface area (TPSA) is 79.0 Å². The lowest BCUT2D eigenvalue weighted by molar-refractivity contribution is -0.379. The molecule has 0 saturated carbocycles. The number of hydrogen-bond donors (Lipinski definition) is 1. The maximum atomic E-state index is 14.8. The van der Waals surface area contributed by atoms with Gasteiger partial charge >= 0.3 is 5.95 Å². The summed E-state index contributed by atoms with van der Waals surface area (Å²) >= 11 is 0. The van der Waals surface area contributed by atoms with E-state index in [1.165, 1.54) is 17.8 Å². The Hall–Kier alpha value is -3.03. The van der Waals surface area contributed by atoms with Crippen molar-refractivity contribution >= 4 is 22.9 Å². The number of H-pyrrole nitrogens is 1. The van der Waals surface area contributed by atoms with Crippen LogP contribution in [0.2, 0.25) is 0 Å². The molecule has 3 aromatic rings.